The number of hydrogen-bond acceptors (Lipinski definition) is 3. The molecule has 23 heavy (non-hydrogen) atoms. The Morgan fingerprint density at radius 3 is 2.43 bits per heavy atom. The summed E-state index contributed by atoms with van der Waals surface area (Å²) in [4.78, 5) is 0. The van der Waals surface area contributed by atoms with Gasteiger partial charge in [-0.3, -0.25) is 0 Å². The Kier molecular flexibility index (Phi) is 6.78. The molecule has 2 aromatic rings. The van der Waals surface area contributed by atoms with Gasteiger partial charge in [0.05, 0.1) is 17.7 Å². The molecule has 0 saturated carbocycles. The van der Waals surface area contributed by atoms with Gasteiger partial charge < -0.3 is 14.8 Å². The van der Waals surface area contributed by atoms with E-state index in [4.69, 9.17) is 9.47 Å². The zero-order chi connectivity index (χ0) is 16.7. The highest BCUT2D eigenvalue weighted by molar-refractivity contribution is 9.10. The van der Waals surface area contributed by atoms with Crippen LogP contribution in [0.15, 0.2) is 40.9 Å². The quantitative estimate of drug-likeness (QED) is 0.653. The van der Waals surface area contributed by atoms with Gasteiger partial charge in [0.2, 0.25) is 0 Å². The maximum atomic E-state index is 5.81. The topological polar surface area (TPSA) is 30.5 Å². The number of benzene rings is 2. The van der Waals surface area contributed by atoms with Crippen LogP contribution in [0.1, 0.15) is 31.4 Å². The van der Waals surface area contributed by atoms with E-state index in [2.05, 4.69) is 65.4 Å². The Labute approximate surface area is 147 Å². The van der Waals surface area contributed by atoms with Crippen molar-refractivity contribution < 1.29 is 9.47 Å². The lowest BCUT2D eigenvalue weighted by molar-refractivity contribution is 0.275. The first kappa shape index (κ1) is 17.7. The van der Waals surface area contributed by atoms with Gasteiger partial charge in [-0.25, -0.2) is 0 Å². The van der Waals surface area contributed by atoms with Gasteiger partial charge in [-0.15, -0.1) is 0 Å². The molecule has 0 aliphatic heterocycles. The van der Waals surface area contributed by atoms with E-state index >= 15 is 0 Å². The maximum absolute atomic E-state index is 5.81. The van der Waals surface area contributed by atoms with Crippen LogP contribution in [-0.2, 0) is 6.54 Å². The first-order valence-electron chi connectivity index (χ1n) is 8.02. The Morgan fingerprint density at radius 1 is 1.04 bits per heavy atom. The van der Waals surface area contributed by atoms with E-state index in [-0.39, 0.29) is 0 Å². The van der Waals surface area contributed by atoms with Crippen molar-refractivity contribution in [3.8, 4) is 11.5 Å². The second kappa shape index (κ2) is 8.82. The third-order valence-corrected chi connectivity index (χ3v) is 3.96. The summed E-state index contributed by atoms with van der Waals surface area (Å²) in [6.45, 7) is 8.19. The molecule has 0 heterocycles. The van der Waals surface area contributed by atoms with Gasteiger partial charge in [0, 0.05) is 12.2 Å². The summed E-state index contributed by atoms with van der Waals surface area (Å²) in [7, 11) is 0. The predicted octanol–water partition coefficient (Wildman–Crippen LogP) is 5.56. The van der Waals surface area contributed by atoms with Gasteiger partial charge in [0.25, 0.3) is 0 Å². The molecule has 0 amide bonds. The summed E-state index contributed by atoms with van der Waals surface area (Å²) in [5, 5.41) is 3.43. The van der Waals surface area contributed by atoms with Gasteiger partial charge in [-0.05, 0) is 66.0 Å². The molecule has 4 heteroatoms. The van der Waals surface area contributed by atoms with Gasteiger partial charge in [0.1, 0.15) is 0 Å². The minimum Gasteiger partial charge on any atom is -0.490 e. The zero-order valence-corrected chi connectivity index (χ0v) is 15.6. The highest BCUT2D eigenvalue weighted by Crippen LogP contribution is 2.37. The lowest BCUT2D eigenvalue weighted by atomic mass is 10.2. The smallest absolute Gasteiger partial charge is 0.175 e. The van der Waals surface area contributed by atoms with E-state index in [0.717, 1.165) is 40.2 Å². The average molecular weight is 378 g/mol. The molecule has 2 rings (SSSR count). The number of hydrogen-bond donors (Lipinski definition) is 1. The van der Waals surface area contributed by atoms with Gasteiger partial charge >= 0.3 is 0 Å². The van der Waals surface area contributed by atoms with Crippen molar-refractivity contribution >= 4 is 21.6 Å². The predicted molar refractivity (Wildman–Crippen MR) is 99.6 cm³/mol. The van der Waals surface area contributed by atoms with Gasteiger partial charge in [-0.2, -0.15) is 0 Å². The monoisotopic (exact) mass is 377 g/mol. The van der Waals surface area contributed by atoms with Gasteiger partial charge in [-0.1, -0.05) is 24.6 Å². The third kappa shape index (κ3) is 5.17. The molecule has 0 saturated heterocycles. The first-order valence-corrected chi connectivity index (χ1v) is 8.81. The molecular weight excluding hydrogens is 354 g/mol. The number of anilines is 1. The number of nitrogens with one attached hydrogen (secondary N) is 1. The van der Waals surface area contributed by atoms with E-state index in [1.807, 2.05) is 13.0 Å². The summed E-state index contributed by atoms with van der Waals surface area (Å²) < 4.78 is 12.5. The fraction of sp³-hybridized carbons (Fsp3) is 0.368. The van der Waals surface area contributed by atoms with E-state index in [0.29, 0.717) is 13.2 Å². The van der Waals surface area contributed by atoms with Crippen molar-refractivity contribution in [2.45, 2.75) is 33.7 Å². The molecule has 0 aliphatic carbocycles. The van der Waals surface area contributed by atoms with Crippen molar-refractivity contribution in [3.63, 3.8) is 0 Å². The second-order valence-electron chi connectivity index (χ2n) is 5.41. The average Bonchev–Trinajstić information content (AvgIpc) is 2.54. The highest BCUT2D eigenvalue weighted by atomic mass is 79.9. The fourth-order valence-electron chi connectivity index (χ4n) is 2.21. The SMILES string of the molecule is CCCOc1c(Br)cc(CNc2ccc(C)cc2)cc1OCC. The first-order chi connectivity index (χ1) is 11.1. The number of halogens is 1. The summed E-state index contributed by atoms with van der Waals surface area (Å²) in [5.41, 5.74) is 3.51. The van der Waals surface area contributed by atoms with Crippen LogP contribution in [0.2, 0.25) is 0 Å². The summed E-state index contributed by atoms with van der Waals surface area (Å²) >= 11 is 3.60. The third-order valence-electron chi connectivity index (χ3n) is 3.37. The molecule has 2 aromatic carbocycles. The Hall–Kier alpha value is -1.68. The minimum absolute atomic E-state index is 0.615. The summed E-state index contributed by atoms with van der Waals surface area (Å²) in [6, 6.07) is 12.5. The molecule has 1 N–H and O–H groups in total. The molecule has 0 fully saturated rings. The summed E-state index contributed by atoms with van der Waals surface area (Å²) in [6.07, 6.45) is 0.967. The van der Waals surface area contributed by atoms with E-state index in [1.54, 1.807) is 0 Å². The van der Waals surface area contributed by atoms with Crippen LogP contribution >= 0.6 is 15.9 Å². The Morgan fingerprint density at radius 2 is 1.78 bits per heavy atom. The lowest BCUT2D eigenvalue weighted by Gasteiger charge is -2.15. The van der Waals surface area contributed by atoms with Crippen molar-refractivity contribution in [1.82, 2.24) is 0 Å². The highest BCUT2D eigenvalue weighted by Gasteiger charge is 2.12. The van der Waals surface area contributed by atoms with Crippen molar-refractivity contribution in [2.24, 2.45) is 0 Å². The molecule has 0 bridgehead atoms. The van der Waals surface area contributed by atoms with Crippen LogP contribution in [0.25, 0.3) is 0 Å². The lowest BCUT2D eigenvalue weighted by Crippen LogP contribution is -2.04. The molecule has 3 nitrogen and oxygen atoms in total. The molecule has 0 unspecified atom stereocenters. The molecule has 0 aliphatic rings. The van der Waals surface area contributed by atoms with Crippen LogP contribution < -0.4 is 14.8 Å². The van der Waals surface area contributed by atoms with E-state index < -0.39 is 0 Å². The summed E-state index contributed by atoms with van der Waals surface area (Å²) in [5.74, 6) is 1.57. The largest absolute Gasteiger partial charge is 0.490 e. The molecule has 0 radical (unpaired) electrons. The molecule has 124 valence electrons. The van der Waals surface area contributed by atoms with Gasteiger partial charge in [0.15, 0.2) is 11.5 Å². The standard InChI is InChI=1S/C19H24BrNO2/c1-4-10-23-19-17(20)11-15(12-18(19)22-5-2)13-21-16-8-6-14(3)7-9-16/h6-9,11-12,21H,4-5,10,13H2,1-3H3. The molecular formula is C19H24BrNO2. The van der Waals surface area contributed by atoms with Crippen LogP contribution in [-0.4, -0.2) is 13.2 Å². The Balaban J connectivity index is 2.13. The minimum atomic E-state index is 0.615. The normalized spacial score (nSPS) is 10.4. The second-order valence-corrected chi connectivity index (χ2v) is 6.26. The maximum Gasteiger partial charge on any atom is 0.175 e. The number of ether oxygens (including phenoxy) is 2. The van der Waals surface area contributed by atoms with Crippen molar-refractivity contribution in [1.29, 1.82) is 0 Å². The van der Waals surface area contributed by atoms with Crippen LogP contribution in [0.4, 0.5) is 5.69 Å². The number of rotatable bonds is 8. The molecule has 0 spiro atoms. The van der Waals surface area contributed by atoms with E-state index in [9.17, 15) is 0 Å². The Bertz CT molecular complexity index is 626. The van der Waals surface area contributed by atoms with Crippen LogP contribution in [0.3, 0.4) is 0 Å². The van der Waals surface area contributed by atoms with Crippen molar-refractivity contribution in [2.75, 3.05) is 18.5 Å². The molecule has 0 atom stereocenters. The van der Waals surface area contributed by atoms with Crippen molar-refractivity contribution in [3.05, 3.63) is 52.0 Å². The zero-order valence-electron chi connectivity index (χ0n) is 14.0. The molecule has 0 aromatic heterocycles. The number of aryl methyl sites for hydroxylation is 1. The van der Waals surface area contributed by atoms with Crippen LogP contribution in [0, 0.1) is 6.92 Å². The fourth-order valence-corrected chi connectivity index (χ4v) is 2.81. The van der Waals surface area contributed by atoms with Crippen LogP contribution in [0.5, 0.6) is 11.5 Å². The van der Waals surface area contributed by atoms with E-state index in [1.165, 1.54) is 5.56 Å².